The highest BCUT2D eigenvalue weighted by atomic mass is 16.6. The summed E-state index contributed by atoms with van der Waals surface area (Å²) in [5.41, 5.74) is -0.163. The van der Waals surface area contributed by atoms with E-state index in [4.69, 9.17) is 4.74 Å². The van der Waals surface area contributed by atoms with Crippen LogP contribution in [0.3, 0.4) is 0 Å². The van der Waals surface area contributed by atoms with Crippen LogP contribution in [-0.2, 0) is 4.79 Å². The van der Waals surface area contributed by atoms with Gasteiger partial charge in [0.25, 0.3) is 11.6 Å². The summed E-state index contributed by atoms with van der Waals surface area (Å²) in [5.74, 6) is -0.153. The molecule has 21 heavy (non-hydrogen) atoms. The fraction of sp³-hybridized carbons (Fsp3) is 0.429. The second-order valence-electron chi connectivity index (χ2n) is 4.64. The lowest BCUT2D eigenvalue weighted by molar-refractivity contribution is -0.384. The van der Waals surface area contributed by atoms with Crippen molar-refractivity contribution in [1.29, 1.82) is 0 Å². The number of rotatable bonds is 8. The topological polar surface area (TPSA) is 98.5 Å². The summed E-state index contributed by atoms with van der Waals surface area (Å²) in [4.78, 5) is 32.6. The van der Waals surface area contributed by atoms with Gasteiger partial charge in [-0.15, -0.1) is 0 Å². The first-order chi connectivity index (χ1) is 9.97. The van der Waals surface area contributed by atoms with Crippen LogP contribution in [0.5, 0.6) is 5.75 Å². The summed E-state index contributed by atoms with van der Waals surface area (Å²) in [6.07, 6.45) is 2.28. The average molecular weight is 294 g/mol. The SMILES string of the molecule is CCCC(C)NC(=O)COc1ccc([N+](=O)[O-])cc1C=O. The molecule has 0 spiro atoms. The van der Waals surface area contributed by atoms with E-state index in [2.05, 4.69) is 5.32 Å². The predicted molar refractivity (Wildman–Crippen MR) is 76.5 cm³/mol. The Morgan fingerprint density at radius 1 is 1.52 bits per heavy atom. The number of aldehydes is 1. The molecule has 1 N–H and O–H groups in total. The summed E-state index contributed by atoms with van der Waals surface area (Å²) in [5, 5.41) is 13.4. The molecule has 0 aliphatic carbocycles. The van der Waals surface area contributed by atoms with Crippen LogP contribution >= 0.6 is 0 Å². The summed E-state index contributed by atoms with van der Waals surface area (Å²) < 4.78 is 5.24. The van der Waals surface area contributed by atoms with E-state index in [1.165, 1.54) is 12.1 Å². The molecule has 0 bridgehead atoms. The molecule has 0 aliphatic heterocycles. The molecule has 1 aromatic carbocycles. The molecule has 7 heteroatoms. The van der Waals surface area contributed by atoms with Gasteiger partial charge >= 0.3 is 0 Å². The zero-order chi connectivity index (χ0) is 15.8. The Labute approximate surface area is 122 Å². The molecule has 1 amide bonds. The normalized spacial score (nSPS) is 11.5. The second-order valence-corrected chi connectivity index (χ2v) is 4.64. The first-order valence-corrected chi connectivity index (χ1v) is 6.63. The number of hydrogen-bond acceptors (Lipinski definition) is 5. The number of hydrogen-bond donors (Lipinski definition) is 1. The molecule has 1 atom stereocenters. The Kier molecular flexibility index (Phi) is 6.32. The van der Waals surface area contributed by atoms with Crippen LogP contribution in [0.15, 0.2) is 18.2 Å². The van der Waals surface area contributed by atoms with Crippen molar-refractivity contribution in [1.82, 2.24) is 5.32 Å². The summed E-state index contributed by atoms with van der Waals surface area (Å²) in [6.45, 7) is 3.67. The number of nitrogens with zero attached hydrogens (tertiary/aromatic N) is 1. The van der Waals surface area contributed by atoms with Crippen molar-refractivity contribution in [2.24, 2.45) is 0 Å². The average Bonchev–Trinajstić information content (AvgIpc) is 2.44. The van der Waals surface area contributed by atoms with Gasteiger partial charge in [-0.3, -0.25) is 19.7 Å². The maximum Gasteiger partial charge on any atom is 0.270 e. The molecule has 0 aromatic heterocycles. The van der Waals surface area contributed by atoms with Crippen molar-refractivity contribution >= 4 is 17.9 Å². The number of benzene rings is 1. The minimum absolute atomic E-state index is 0.0404. The molecule has 7 nitrogen and oxygen atoms in total. The van der Waals surface area contributed by atoms with E-state index >= 15 is 0 Å². The van der Waals surface area contributed by atoms with Gasteiger partial charge in [0, 0.05) is 18.2 Å². The predicted octanol–water partition coefficient (Wildman–Crippen LogP) is 2.09. The van der Waals surface area contributed by atoms with E-state index in [1.54, 1.807) is 0 Å². The first kappa shape index (κ1) is 16.6. The van der Waals surface area contributed by atoms with E-state index in [-0.39, 0.29) is 35.6 Å². The van der Waals surface area contributed by atoms with Crippen LogP contribution in [0.2, 0.25) is 0 Å². The van der Waals surface area contributed by atoms with Crippen LogP contribution in [0.4, 0.5) is 5.69 Å². The Balaban J connectivity index is 2.65. The van der Waals surface area contributed by atoms with Gasteiger partial charge in [-0.25, -0.2) is 0 Å². The molecule has 1 aromatic rings. The van der Waals surface area contributed by atoms with Crippen LogP contribution < -0.4 is 10.1 Å². The lowest BCUT2D eigenvalue weighted by Gasteiger charge is -2.13. The van der Waals surface area contributed by atoms with Crippen molar-refractivity contribution in [3.05, 3.63) is 33.9 Å². The van der Waals surface area contributed by atoms with E-state index in [9.17, 15) is 19.7 Å². The lowest BCUT2D eigenvalue weighted by Crippen LogP contribution is -2.36. The van der Waals surface area contributed by atoms with Gasteiger partial charge in [-0.2, -0.15) is 0 Å². The van der Waals surface area contributed by atoms with Gasteiger partial charge in [0.05, 0.1) is 10.5 Å². The van der Waals surface area contributed by atoms with E-state index in [0.29, 0.717) is 6.29 Å². The molecular formula is C14H18N2O5. The maximum atomic E-state index is 11.6. The maximum absolute atomic E-state index is 11.6. The molecule has 0 heterocycles. The largest absolute Gasteiger partial charge is 0.483 e. The number of nitro groups is 1. The zero-order valence-electron chi connectivity index (χ0n) is 12.0. The molecule has 1 unspecified atom stereocenters. The minimum atomic E-state index is -0.601. The molecule has 1 rings (SSSR count). The third kappa shape index (κ3) is 5.21. The molecule has 0 saturated heterocycles. The fourth-order valence-electron chi connectivity index (χ4n) is 1.84. The zero-order valence-corrected chi connectivity index (χ0v) is 12.0. The van der Waals surface area contributed by atoms with Gasteiger partial charge < -0.3 is 10.1 Å². The highest BCUT2D eigenvalue weighted by Gasteiger charge is 2.13. The Morgan fingerprint density at radius 3 is 2.81 bits per heavy atom. The van der Waals surface area contributed by atoms with Gasteiger partial charge in [-0.05, 0) is 19.4 Å². The van der Waals surface area contributed by atoms with E-state index < -0.39 is 4.92 Å². The molecule has 0 fully saturated rings. The van der Waals surface area contributed by atoms with E-state index in [0.717, 1.165) is 18.9 Å². The fourth-order valence-corrected chi connectivity index (χ4v) is 1.84. The van der Waals surface area contributed by atoms with Crippen molar-refractivity contribution in [2.75, 3.05) is 6.61 Å². The van der Waals surface area contributed by atoms with E-state index in [1.807, 2.05) is 13.8 Å². The van der Waals surface area contributed by atoms with Gasteiger partial charge in [0.2, 0.25) is 0 Å². The third-order valence-corrected chi connectivity index (χ3v) is 2.82. The van der Waals surface area contributed by atoms with Gasteiger partial charge in [0.1, 0.15) is 5.75 Å². The number of non-ortho nitro benzene ring substituents is 1. The van der Waals surface area contributed by atoms with Crippen molar-refractivity contribution < 1.29 is 19.2 Å². The van der Waals surface area contributed by atoms with Gasteiger partial charge in [0.15, 0.2) is 12.9 Å². The Hall–Kier alpha value is -2.44. The summed E-state index contributed by atoms with van der Waals surface area (Å²) in [6, 6.07) is 3.69. The highest BCUT2D eigenvalue weighted by Crippen LogP contribution is 2.22. The van der Waals surface area contributed by atoms with Crippen LogP contribution in [0.25, 0.3) is 0 Å². The van der Waals surface area contributed by atoms with Crippen LogP contribution in [0.1, 0.15) is 37.0 Å². The molecule has 0 radical (unpaired) electrons. The lowest BCUT2D eigenvalue weighted by atomic mass is 10.2. The second kappa shape index (κ2) is 7.98. The third-order valence-electron chi connectivity index (χ3n) is 2.82. The monoisotopic (exact) mass is 294 g/mol. The molecule has 114 valence electrons. The van der Waals surface area contributed by atoms with Crippen LogP contribution in [0, 0.1) is 10.1 Å². The Bertz CT molecular complexity index is 530. The number of ether oxygens (including phenoxy) is 1. The number of carbonyl (C=O) groups is 2. The molecule has 0 aliphatic rings. The minimum Gasteiger partial charge on any atom is -0.483 e. The van der Waals surface area contributed by atoms with Crippen molar-refractivity contribution in [2.45, 2.75) is 32.7 Å². The van der Waals surface area contributed by atoms with Crippen molar-refractivity contribution in [3.63, 3.8) is 0 Å². The van der Waals surface area contributed by atoms with Crippen molar-refractivity contribution in [3.8, 4) is 5.75 Å². The number of nitro benzene ring substituents is 1. The standard InChI is InChI=1S/C14H18N2O5/c1-3-4-10(2)15-14(18)9-21-13-6-5-12(16(19)20)7-11(13)8-17/h5-8,10H,3-4,9H2,1-2H3,(H,15,18). The number of amides is 1. The number of nitrogens with one attached hydrogen (secondary N) is 1. The molecule has 0 saturated carbocycles. The summed E-state index contributed by atoms with van der Waals surface area (Å²) in [7, 11) is 0. The number of carbonyl (C=O) groups excluding carboxylic acids is 2. The highest BCUT2D eigenvalue weighted by molar-refractivity contribution is 5.82. The van der Waals surface area contributed by atoms with Gasteiger partial charge in [-0.1, -0.05) is 13.3 Å². The van der Waals surface area contributed by atoms with Crippen LogP contribution in [-0.4, -0.2) is 29.8 Å². The Morgan fingerprint density at radius 2 is 2.24 bits per heavy atom. The summed E-state index contributed by atoms with van der Waals surface area (Å²) >= 11 is 0. The quantitative estimate of drug-likeness (QED) is 0.449. The first-order valence-electron chi connectivity index (χ1n) is 6.63. The molecular weight excluding hydrogens is 276 g/mol. The smallest absolute Gasteiger partial charge is 0.270 e.